The molecule has 0 heterocycles. The van der Waals surface area contributed by atoms with Gasteiger partial charge in [0.05, 0.1) is 28.7 Å². The molecule has 0 amide bonds. The van der Waals surface area contributed by atoms with Gasteiger partial charge >= 0.3 is 0 Å². The Balaban J connectivity index is 0.000000520. The minimum atomic E-state index is -0.660. The van der Waals surface area contributed by atoms with Crippen molar-refractivity contribution in [1.29, 1.82) is 0 Å². The first kappa shape index (κ1) is 28.9. The second-order valence-corrected chi connectivity index (χ2v) is 9.58. The van der Waals surface area contributed by atoms with Crippen LogP contribution < -0.4 is 4.74 Å². The highest BCUT2D eigenvalue weighted by atomic mass is 32.2. The number of methoxy groups -OCH3 is 1. The van der Waals surface area contributed by atoms with Crippen LogP contribution in [0.1, 0.15) is 16.7 Å². The van der Waals surface area contributed by atoms with Crippen molar-refractivity contribution in [3.05, 3.63) is 134 Å². The number of hydrogen-bond donors (Lipinski definition) is 0. The monoisotopic (exact) mass is 544 g/mol. The Kier molecular flexibility index (Phi) is 10.2. The highest BCUT2D eigenvalue weighted by molar-refractivity contribution is 7.97. The van der Waals surface area contributed by atoms with Gasteiger partial charge in [0.15, 0.2) is 0 Å². The summed E-state index contributed by atoms with van der Waals surface area (Å²) in [5, 5.41) is 22.5. The van der Waals surface area contributed by atoms with E-state index < -0.39 is 9.85 Å². The summed E-state index contributed by atoms with van der Waals surface area (Å²) in [4.78, 5) is 26.2. The van der Waals surface area contributed by atoms with Gasteiger partial charge in [0.25, 0.3) is 11.4 Å². The molecule has 0 aliphatic carbocycles. The summed E-state index contributed by atoms with van der Waals surface area (Å²) in [6.07, 6.45) is 0. The number of non-ortho nitro benzene ring substituents is 1. The number of nitro groups is 2. The molecule has 0 unspecified atom stereocenters. The van der Waals surface area contributed by atoms with Gasteiger partial charge in [-0.1, -0.05) is 53.6 Å². The fourth-order valence-electron chi connectivity index (χ4n) is 3.36. The summed E-state index contributed by atoms with van der Waals surface area (Å²) in [6.45, 7) is 4.06. The van der Waals surface area contributed by atoms with Crippen molar-refractivity contribution in [1.82, 2.24) is 4.31 Å². The molecule has 39 heavy (non-hydrogen) atoms. The maximum atomic E-state index is 11.5. The maximum Gasteiger partial charge on any atom is 0.291 e. The van der Waals surface area contributed by atoms with Crippen LogP contribution in [0.2, 0.25) is 0 Å². The number of ether oxygens (including phenoxy) is 1. The SMILES string of the molecule is COc1ccc(C(=Nc2ccc(C)cc2)N(C)Sc2ccc([N+](=O)[O-])cc2[N+](=O)[O-])cc1.Cc1ccccc1. The number of benzene rings is 4. The Morgan fingerprint density at radius 2 is 1.44 bits per heavy atom. The third kappa shape index (κ3) is 8.41. The summed E-state index contributed by atoms with van der Waals surface area (Å²) in [5.41, 5.74) is 3.22. The molecule has 0 aliphatic heterocycles. The van der Waals surface area contributed by atoms with Crippen LogP contribution in [0.4, 0.5) is 17.1 Å². The molecular formula is C29H28N4O5S. The predicted molar refractivity (Wildman–Crippen MR) is 155 cm³/mol. The van der Waals surface area contributed by atoms with Crippen LogP contribution in [-0.2, 0) is 0 Å². The van der Waals surface area contributed by atoms with E-state index in [4.69, 9.17) is 9.73 Å². The zero-order chi connectivity index (χ0) is 28.4. The fourth-order valence-corrected chi connectivity index (χ4v) is 4.25. The van der Waals surface area contributed by atoms with Crippen molar-refractivity contribution >= 4 is 34.8 Å². The molecule has 0 aliphatic rings. The topological polar surface area (TPSA) is 111 Å². The molecule has 10 heteroatoms. The first-order valence-electron chi connectivity index (χ1n) is 11.8. The van der Waals surface area contributed by atoms with Gasteiger partial charge in [-0.15, -0.1) is 0 Å². The van der Waals surface area contributed by atoms with Crippen LogP contribution in [0.5, 0.6) is 5.75 Å². The Bertz CT molecular complexity index is 1440. The van der Waals surface area contributed by atoms with Gasteiger partial charge in [0.2, 0.25) is 0 Å². The minimum Gasteiger partial charge on any atom is -0.497 e. The highest BCUT2D eigenvalue weighted by Crippen LogP contribution is 2.35. The summed E-state index contributed by atoms with van der Waals surface area (Å²) in [6, 6.07) is 28.8. The minimum absolute atomic E-state index is 0.258. The van der Waals surface area contributed by atoms with Crippen molar-refractivity contribution in [3.8, 4) is 5.75 Å². The van der Waals surface area contributed by atoms with E-state index in [1.807, 2.05) is 61.5 Å². The number of aryl methyl sites for hydroxylation is 2. The van der Waals surface area contributed by atoms with E-state index in [-0.39, 0.29) is 16.3 Å². The second-order valence-electron chi connectivity index (χ2n) is 8.41. The molecule has 0 saturated carbocycles. The lowest BCUT2D eigenvalue weighted by molar-refractivity contribution is -0.396. The summed E-state index contributed by atoms with van der Waals surface area (Å²) < 4.78 is 6.91. The Morgan fingerprint density at radius 1 is 0.821 bits per heavy atom. The van der Waals surface area contributed by atoms with E-state index in [1.54, 1.807) is 30.6 Å². The van der Waals surface area contributed by atoms with Gasteiger partial charge in [-0.25, -0.2) is 4.99 Å². The van der Waals surface area contributed by atoms with Crippen LogP contribution in [0, 0.1) is 34.1 Å². The molecule has 0 N–H and O–H groups in total. The number of nitrogens with zero attached hydrogens (tertiary/aromatic N) is 4. The molecule has 0 saturated heterocycles. The Hall–Kier alpha value is -4.70. The lowest BCUT2D eigenvalue weighted by Crippen LogP contribution is -2.21. The third-order valence-corrected chi connectivity index (χ3v) is 6.43. The molecule has 0 bridgehead atoms. The van der Waals surface area contributed by atoms with Crippen LogP contribution in [0.3, 0.4) is 0 Å². The first-order chi connectivity index (χ1) is 18.7. The number of rotatable bonds is 7. The smallest absolute Gasteiger partial charge is 0.291 e. The van der Waals surface area contributed by atoms with Gasteiger partial charge < -0.3 is 4.74 Å². The molecule has 9 nitrogen and oxygen atoms in total. The van der Waals surface area contributed by atoms with Gasteiger partial charge in [-0.05, 0) is 68.3 Å². The maximum absolute atomic E-state index is 11.5. The molecule has 0 fully saturated rings. The molecule has 0 spiro atoms. The molecule has 0 atom stereocenters. The summed E-state index contributed by atoms with van der Waals surface area (Å²) in [7, 11) is 3.30. The van der Waals surface area contributed by atoms with Gasteiger partial charge in [-0.3, -0.25) is 24.5 Å². The van der Waals surface area contributed by atoms with E-state index in [0.29, 0.717) is 17.3 Å². The summed E-state index contributed by atoms with van der Waals surface area (Å²) >= 11 is 1.06. The van der Waals surface area contributed by atoms with E-state index in [9.17, 15) is 20.2 Å². The van der Waals surface area contributed by atoms with Crippen LogP contribution in [0.25, 0.3) is 0 Å². The van der Waals surface area contributed by atoms with Crippen molar-refractivity contribution in [2.45, 2.75) is 18.7 Å². The molecule has 4 aromatic rings. The van der Waals surface area contributed by atoms with Gasteiger partial charge in [0.1, 0.15) is 16.5 Å². The lowest BCUT2D eigenvalue weighted by Gasteiger charge is -2.20. The largest absolute Gasteiger partial charge is 0.497 e. The molecule has 200 valence electrons. The molecule has 0 aromatic heterocycles. The zero-order valence-electron chi connectivity index (χ0n) is 22.0. The van der Waals surface area contributed by atoms with Gasteiger partial charge in [-0.2, -0.15) is 0 Å². The average Bonchev–Trinajstić information content (AvgIpc) is 2.93. The predicted octanol–water partition coefficient (Wildman–Crippen LogP) is 7.53. The first-order valence-corrected chi connectivity index (χ1v) is 12.6. The lowest BCUT2D eigenvalue weighted by atomic mass is 10.2. The summed E-state index contributed by atoms with van der Waals surface area (Å²) in [5.74, 6) is 1.24. The van der Waals surface area contributed by atoms with E-state index in [0.717, 1.165) is 29.1 Å². The number of hydrogen-bond acceptors (Lipinski definition) is 7. The van der Waals surface area contributed by atoms with E-state index in [1.165, 1.54) is 17.7 Å². The third-order valence-electron chi connectivity index (χ3n) is 5.44. The molecule has 4 rings (SSSR count). The number of amidine groups is 1. The van der Waals surface area contributed by atoms with Crippen molar-refractivity contribution in [3.63, 3.8) is 0 Å². The zero-order valence-corrected chi connectivity index (χ0v) is 22.8. The van der Waals surface area contributed by atoms with Crippen molar-refractivity contribution in [2.24, 2.45) is 4.99 Å². The van der Waals surface area contributed by atoms with Crippen molar-refractivity contribution < 1.29 is 14.6 Å². The van der Waals surface area contributed by atoms with Crippen LogP contribution in [-0.4, -0.2) is 34.1 Å². The standard InChI is InChI=1S/C22H20N4O5S.C7H8/c1-15-4-8-17(9-5-15)23-22(16-6-11-19(31-3)12-7-16)24(2)32-21-13-10-18(25(27)28)14-20(21)26(29)30;1-7-5-3-2-4-6-7/h4-14H,1-3H3;2-6H,1H3. The number of nitro benzene ring substituents is 2. The van der Waals surface area contributed by atoms with Gasteiger partial charge in [0, 0.05) is 18.7 Å². The van der Waals surface area contributed by atoms with Crippen molar-refractivity contribution in [2.75, 3.05) is 14.2 Å². The molecular weight excluding hydrogens is 516 g/mol. The Labute approximate surface area is 231 Å². The quantitative estimate of drug-likeness (QED) is 0.0777. The van der Waals surface area contributed by atoms with Crippen LogP contribution >= 0.6 is 11.9 Å². The second kappa shape index (κ2) is 13.7. The van der Waals surface area contributed by atoms with E-state index >= 15 is 0 Å². The number of aliphatic imine (C=N–C) groups is 1. The molecule has 4 aromatic carbocycles. The molecule has 0 radical (unpaired) electrons. The highest BCUT2D eigenvalue weighted by Gasteiger charge is 2.23. The van der Waals surface area contributed by atoms with E-state index in [2.05, 4.69) is 19.1 Å². The van der Waals surface area contributed by atoms with Crippen LogP contribution in [0.15, 0.2) is 107 Å². The average molecular weight is 545 g/mol. The Morgan fingerprint density at radius 3 is 1.95 bits per heavy atom. The fraction of sp³-hybridized carbons (Fsp3) is 0.138. The normalized spacial score (nSPS) is 10.7.